The van der Waals surface area contributed by atoms with Crippen LogP contribution in [0, 0.1) is 0 Å². The first kappa shape index (κ1) is 15.3. The van der Waals surface area contributed by atoms with Crippen molar-refractivity contribution in [2.45, 2.75) is 37.5 Å². The molecule has 1 aromatic heterocycles. The zero-order chi connectivity index (χ0) is 14.8. The van der Waals surface area contributed by atoms with E-state index in [1.54, 1.807) is 14.2 Å². The lowest BCUT2D eigenvalue weighted by Gasteiger charge is -2.30. The SMILES string of the molecule is COC(OC)C1CCNc2c(Br)c(C3CCNCC3)nn21. The van der Waals surface area contributed by atoms with Gasteiger partial charge < -0.3 is 20.1 Å². The molecule has 21 heavy (non-hydrogen) atoms. The standard InChI is InChI=1S/C14H23BrN4O2/c1-20-14(21-2)10-5-8-17-13-11(15)12(18-19(10)13)9-3-6-16-7-4-9/h9-10,14,16-17H,3-8H2,1-2H3. The summed E-state index contributed by atoms with van der Waals surface area (Å²) in [5.41, 5.74) is 1.16. The lowest BCUT2D eigenvalue weighted by Crippen LogP contribution is -2.34. The summed E-state index contributed by atoms with van der Waals surface area (Å²) >= 11 is 3.75. The number of piperidine rings is 1. The van der Waals surface area contributed by atoms with Crippen LogP contribution in [0.15, 0.2) is 4.47 Å². The average Bonchev–Trinajstić information content (AvgIpc) is 2.88. The molecule has 3 heterocycles. The second-order valence-electron chi connectivity index (χ2n) is 5.64. The summed E-state index contributed by atoms with van der Waals surface area (Å²) in [6.45, 7) is 3.04. The van der Waals surface area contributed by atoms with E-state index in [-0.39, 0.29) is 12.3 Å². The van der Waals surface area contributed by atoms with E-state index in [1.807, 2.05) is 4.68 Å². The van der Waals surface area contributed by atoms with E-state index in [0.717, 1.165) is 54.9 Å². The number of hydrogen-bond donors (Lipinski definition) is 2. The predicted octanol–water partition coefficient (Wildman–Crippen LogP) is 2.09. The molecule has 0 radical (unpaired) electrons. The van der Waals surface area contributed by atoms with Crippen LogP contribution in [-0.4, -0.2) is 49.9 Å². The summed E-state index contributed by atoms with van der Waals surface area (Å²) in [5.74, 6) is 1.57. The van der Waals surface area contributed by atoms with E-state index in [4.69, 9.17) is 14.6 Å². The molecule has 0 aliphatic carbocycles. The molecule has 3 rings (SSSR count). The summed E-state index contributed by atoms with van der Waals surface area (Å²) in [6.07, 6.45) is 2.95. The van der Waals surface area contributed by atoms with Gasteiger partial charge in [0.25, 0.3) is 0 Å². The molecule has 2 aliphatic rings. The van der Waals surface area contributed by atoms with Crippen LogP contribution in [0.3, 0.4) is 0 Å². The fourth-order valence-electron chi connectivity index (χ4n) is 3.31. The molecular formula is C14H23BrN4O2. The first-order valence-corrected chi connectivity index (χ1v) is 8.33. The van der Waals surface area contributed by atoms with Crippen molar-refractivity contribution in [3.8, 4) is 0 Å². The molecule has 0 aromatic carbocycles. The monoisotopic (exact) mass is 358 g/mol. The molecule has 1 aromatic rings. The maximum Gasteiger partial charge on any atom is 0.179 e. The normalized spacial score (nSPS) is 23.1. The number of halogens is 1. The minimum absolute atomic E-state index is 0.114. The highest BCUT2D eigenvalue weighted by atomic mass is 79.9. The summed E-state index contributed by atoms with van der Waals surface area (Å²) < 4.78 is 14.1. The van der Waals surface area contributed by atoms with Gasteiger partial charge in [0.2, 0.25) is 0 Å². The van der Waals surface area contributed by atoms with Gasteiger partial charge in [0.1, 0.15) is 11.9 Å². The molecule has 1 unspecified atom stereocenters. The lowest BCUT2D eigenvalue weighted by molar-refractivity contribution is -0.135. The number of hydrogen-bond acceptors (Lipinski definition) is 5. The third kappa shape index (κ3) is 2.84. The van der Waals surface area contributed by atoms with Gasteiger partial charge in [-0.3, -0.25) is 0 Å². The number of anilines is 1. The molecule has 6 nitrogen and oxygen atoms in total. The largest absolute Gasteiger partial charge is 0.369 e. The molecule has 0 saturated carbocycles. The van der Waals surface area contributed by atoms with E-state index in [2.05, 4.69) is 26.6 Å². The first-order chi connectivity index (χ1) is 10.3. The number of ether oxygens (including phenoxy) is 2. The van der Waals surface area contributed by atoms with Gasteiger partial charge in [0.15, 0.2) is 6.29 Å². The molecule has 0 spiro atoms. The van der Waals surface area contributed by atoms with Crippen LogP contribution in [0.1, 0.15) is 36.9 Å². The van der Waals surface area contributed by atoms with E-state index >= 15 is 0 Å². The minimum atomic E-state index is -0.265. The van der Waals surface area contributed by atoms with Crippen LogP contribution in [0.25, 0.3) is 0 Å². The Morgan fingerprint density at radius 2 is 1.90 bits per heavy atom. The quantitative estimate of drug-likeness (QED) is 0.807. The molecule has 7 heteroatoms. The van der Waals surface area contributed by atoms with Crippen molar-refractivity contribution in [3.05, 3.63) is 10.2 Å². The Kier molecular flexibility index (Phi) is 4.83. The van der Waals surface area contributed by atoms with Gasteiger partial charge in [-0.1, -0.05) is 0 Å². The smallest absolute Gasteiger partial charge is 0.179 e. The maximum atomic E-state index is 5.45. The number of methoxy groups -OCH3 is 2. The Morgan fingerprint density at radius 1 is 1.19 bits per heavy atom. The van der Waals surface area contributed by atoms with Crippen LogP contribution < -0.4 is 10.6 Å². The van der Waals surface area contributed by atoms with Crippen molar-refractivity contribution in [2.24, 2.45) is 0 Å². The molecule has 1 atom stereocenters. The fourth-order valence-corrected chi connectivity index (χ4v) is 4.03. The lowest BCUT2D eigenvalue weighted by atomic mass is 9.95. The summed E-state index contributed by atoms with van der Waals surface area (Å²) in [6, 6.07) is 0.114. The van der Waals surface area contributed by atoms with Gasteiger partial charge in [-0.05, 0) is 48.3 Å². The molecule has 118 valence electrons. The highest BCUT2D eigenvalue weighted by Gasteiger charge is 2.33. The maximum absolute atomic E-state index is 5.45. The third-order valence-corrected chi connectivity index (χ3v) is 5.21. The van der Waals surface area contributed by atoms with Gasteiger partial charge in [-0.15, -0.1) is 0 Å². The Hall–Kier alpha value is -0.630. The Balaban J connectivity index is 1.92. The predicted molar refractivity (Wildman–Crippen MR) is 84.7 cm³/mol. The summed E-state index contributed by atoms with van der Waals surface area (Å²) in [7, 11) is 3.37. The minimum Gasteiger partial charge on any atom is -0.369 e. The zero-order valence-electron chi connectivity index (χ0n) is 12.6. The Labute approximate surface area is 133 Å². The van der Waals surface area contributed by atoms with E-state index in [1.165, 1.54) is 0 Å². The van der Waals surface area contributed by atoms with E-state index in [9.17, 15) is 0 Å². The zero-order valence-corrected chi connectivity index (χ0v) is 14.1. The van der Waals surface area contributed by atoms with Crippen LogP contribution in [0.2, 0.25) is 0 Å². The molecule has 0 amide bonds. The van der Waals surface area contributed by atoms with Crippen molar-refractivity contribution in [3.63, 3.8) is 0 Å². The molecule has 2 aliphatic heterocycles. The van der Waals surface area contributed by atoms with Crippen molar-refractivity contribution < 1.29 is 9.47 Å². The molecule has 0 bridgehead atoms. The molecule has 1 saturated heterocycles. The van der Waals surface area contributed by atoms with Crippen LogP contribution in [-0.2, 0) is 9.47 Å². The number of aromatic nitrogens is 2. The van der Waals surface area contributed by atoms with Gasteiger partial charge in [0.05, 0.1) is 10.2 Å². The van der Waals surface area contributed by atoms with Gasteiger partial charge >= 0.3 is 0 Å². The van der Waals surface area contributed by atoms with Crippen LogP contribution in [0.4, 0.5) is 5.82 Å². The van der Waals surface area contributed by atoms with Crippen LogP contribution >= 0.6 is 15.9 Å². The third-order valence-electron chi connectivity index (χ3n) is 4.43. The van der Waals surface area contributed by atoms with Gasteiger partial charge in [-0.25, -0.2) is 4.68 Å². The van der Waals surface area contributed by atoms with Gasteiger partial charge in [-0.2, -0.15) is 5.10 Å². The molecular weight excluding hydrogens is 336 g/mol. The van der Waals surface area contributed by atoms with Crippen molar-refractivity contribution in [1.82, 2.24) is 15.1 Å². The first-order valence-electron chi connectivity index (χ1n) is 7.54. The fraction of sp³-hybridized carbons (Fsp3) is 0.786. The van der Waals surface area contributed by atoms with Crippen molar-refractivity contribution in [2.75, 3.05) is 39.2 Å². The summed E-state index contributed by atoms with van der Waals surface area (Å²) in [4.78, 5) is 0. The highest BCUT2D eigenvalue weighted by Crippen LogP contribution is 2.39. The second kappa shape index (κ2) is 6.64. The average molecular weight is 359 g/mol. The molecule has 2 N–H and O–H groups in total. The summed E-state index contributed by atoms with van der Waals surface area (Å²) in [5, 5.41) is 11.7. The van der Waals surface area contributed by atoms with E-state index in [0.29, 0.717) is 5.92 Å². The van der Waals surface area contributed by atoms with E-state index < -0.39 is 0 Å². The second-order valence-corrected chi connectivity index (χ2v) is 6.43. The number of nitrogens with one attached hydrogen (secondary N) is 2. The van der Waals surface area contributed by atoms with Gasteiger partial charge in [0, 0.05) is 26.7 Å². The van der Waals surface area contributed by atoms with Crippen molar-refractivity contribution in [1.29, 1.82) is 0 Å². The van der Waals surface area contributed by atoms with Crippen LogP contribution in [0.5, 0.6) is 0 Å². The number of nitrogens with zero attached hydrogens (tertiary/aromatic N) is 2. The number of rotatable bonds is 4. The Bertz CT molecular complexity index is 484. The highest BCUT2D eigenvalue weighted by molar-refractivity contribution is 9.10. The topological polar surface area (TPSA) is 60.3 Å². The number of fused-ring (bicyclic) bond motifs is 1. The molecule has 1 fully saturated rings. The van der Waals surface area contributed by atoms with Crippen molar-refractivity contribution >= 4 is 21.7 Å². The Morgan fingerprint density at radius 3 is 2.57 bits per heavy atom.